The first-order valence-electron chi connectivity index (χ1n) is 8.50. The van der Waals surface area contributed by atoms with Crippen LogP contribution >= 0.6 is 35.0 Å². The number of nitriles is 1. The molecule has 142 valence electrons. The molecular weight excluding hydrogens is 420 g/mol. The van der Waals surface area contributed by atoms with Gasteiger partial charge in [0.2, 0.25) is 5.91 Å². The summed E-state index contributed by atoms with van der Waals surface area (Å²) in [5.74, 6) is -0.226. The minimum Gasteiger partial charge on any atom is -0.344 e. The van der Waals surface area contributed by atoms with Crippen LogP contribution in [0.5, 0.6) is 0 Å². The first-order chi connectivity index (χ1) is 13.5. The van der Waals surface area contributed by atoms with Gasteiger partial charge < -0.3 is 4.90 Å². The number of carbonyl (C=O) groups is 1. The van der Waals surface area contributed by atoms with Crippen LogP contribution in [0, 0.1) is 17.1 Å². The lowest BCUT2D eigenvalue weighted by molar-refractivity contribution is -0.129. The topological polar surface area (TPSA) is 47.3 Å². The second-order valence-corrected chi connectivity index (χ2v) is 8.35. The molecule has 1 fully saturated rings. The smallest absolute Gasteiger partial charge is 0.229 e. The third-order valence-corrected chi connectivity index (χ3v) is 6.37. The van der Waals surface area contributed by atoms with E-state index < -0.39 is 0 Å². The molecule has 8 heteroatoms. The molecule has 2 aliphatic heterocycles. The second-order valence-electron chi connectivity index (χ2n) is 6.54. The zero-order chi connectivity index (χ0) is 19.8. The largest absolute Gasteiger partial charge is 0.344 e. The number of allylic oxidation sites excluding steroid dienone is 1. The lowest BCUT2D eigenvalue weighted by Crippen LogP contribution is -2.47. The summed E-state index contributed by atoms with van der Waals surface area (Å²) in [6, 6.07) is 13.5. The molecular formula is C20H14Cl2FN3OS. The van der Waals surface area contributed by atoms with E-state index in [1.807, 2.05) is 4.90 Å². The normalized spacial score (nSPS) is 19.5. The lowest BCUT2D eigenvalue weighted by atomic mass is 9.86. The van der Waals surface area contributed by atoms with Crippen LogP contribution in [0.4, 0.5) is 10.1 Å². The fraction of sp³-hybridized carbons (Fsp3) is 0.200. The van der Waals surface area contributed by atoms with E-state index in [0.717, 1.165) is 11.3 Å². The number of halogens is 3. The maximum atomic E-state index is 13.3. The molecule has 1 atom stereocenters. The van der Waals surface area contributed by atoms with Gasteiger partial charge in [0.25, 0.3) is 0 Å². The van der Waals surface area contributed by atoms with Crippen LogP contribution in [-0.4, -0.2) is 23.4 Å². The van der Waals surface area contributed by atoms with Crippen molar-refractivity contribution >= 4 is 46.6 Å². The summed E-state index contributed by atoms with van der Waals surface area (Å²) < 4.78 is 13.3. The number of hydrogen-bond acceptors (Lipinski definition) is 4. The van der Waals surface area contributed by atoms with Gasteiger partial charge in [-0.2, -0.15) is 5.26 Å². The Morgan fingerprint density at radius 1 is 1.14 bits per heavy atom. The molecule has 0 aliphatic carbocycles. The highest BCUT2D eigenvalue weighted by Crippen LogP contribution is 2.43. The molecule has 2 aliphatic rings. The van der Waals surface area contributed by atoms with Crippen LogP contribution < -0.4 is 4.90 Å². The molecule has 2 aromatic carbocycles. The van der Waals surface area contributed by atoms with Crippen molar-refractivity contribution in [1.29, 1.82) is 5.26 Å². The molecule has 0 spiro atoms. The summed E-state index contributed by atoms with van der Waals surface area (Å²) >= 11 is 13.6. The summed E-state index contributed by atoms with van der Waals surface area (Å²) in [5, 5.41) is 11.5. The van der Waals surface area contributed by atoms with Crippen LogP contribution in [0.25, 0.3) is 0 Å². The standard InChI is InChI=1S/C20H14Cl2FN3OS/c21-13-5-14(22)7-16(6-13)25-10-26-19(27)8-17(12-1-3-15(23)4-2-12)18(9-24)20(26)28-11-25/h1-7,17H,8,10-11H2. The van der Waals surface area contributed by atoms with E-state index in [-0.39, 0.29) is 24.1 Å². The van der Waals surface area contributed by atoms with E-state index in [4.69, 9.17) is 23.2 Å². The average molecular weight is 434 g/mol. The van der Waals surface area contributed by atoms with Gasteiger partial charge in [-0.3, -0.25) is 9.69 Å². The Bertz CT molecular complexity index is 999. The fourth-order valence-electron chi connectivity index (χ4n) is 3.43. The minimum atomic E-state index is -0.357. The molecule has 2 aromatic rings. The van der Waals surface area contributed by atoms with E-state index in [9.17, 15) is 14.4 Å². The van der Waals surface area contributed by atoms with Crippen molar-refractivity contribution in [2.45, 2.75) is 12.3 Å². The van der Waals surface area contributed by atoms with Crippen molar-refractivity contribution < 1.29 is 9.18 Å². The summed E-state index contributed by atoms with van der Waals surface area (Å²) in [5.41, 5.74) is 2.12. The van der Waals surface area contributed by atoms with Crippen LogP contribution in [0.3, 0.4) is 0 Å². The monoisotopic (exact) mass is 433 g/mol. The SMILES string of the molecule is N#CC1=C2SCN(c3cc(Cl)cc(Cl)c3)CN2C(=O)CC1c1ccc(F)cc1. The first-order valence-corrected chi connectivity index (χ1v) is 10.2. The Morgan fingerprint density at radius 3 is 2.46 bits per heavy atom. The minimum absolute atomic E-state index is 0.0753. The van der Waals surface area contributed by atoms with Gasteiger partial charge in [0.1, 0.15) is 5.82 Å². The Labute approximate surface area is 176 Å². The van der Waals surface area contributed by atoms with Crippen molar-refractivity contribution in [1.82, 2.24) is 4.90 Å². The van der Waals surface area contributed by atoms with Crippen LogP contribution in [0.15, 0.2) is 53.1 Å². The number of hydrogen-bond donors (Lipinski definition) is 0. The van der Waals surface area contributed by atoms with E-state index >= 15 is 0 Å². The van der Waals surface area contributed by atoms with Gasteiger partial charge in [-0.05, 0) is 35.9 Å². The number of anilines is 1. The number of fused-ring (bicyclic) bond motifs is 1. The number of amides is 1. The molecule has 1 saturated heterocycles. The second kappa shape index (κ2) is 7.67. The Hall–Kier alpha value is -2.20. The van der Waals surface area contributed by atoms with Gasteiger partial charge in [0.05, 0.1) is 29.2 Å². The van der Waals surface area contributed by atoms with Crippen LogP contribution in [0.2, 0.25) is 10.0 Å². The molecule has 0 aromatic heterocycles. The van der Waals surface area contributed by atoms with Crippen molar-refractivity contribution in [2.24, 2.45) is 0 Å². The van der Waals surface area contributed by atoms with Crippen molar-refractivity contribution in [3.8, 4) is 6.07 Å². The van der Waals surface area contributed by atoms with Crippen molar-refractivity contribution in [2.75, 3.05) is 17.4 Å². The third kappa shape index (κ3) is 3.58. The van der Waals surface area contributed by atoms with Gasteiger partial charge in [-0.15, -0.1) is 0 Å². The van der Waals surface area contributed by atoms with E-state index in [0.29, 0.717) is 33.2 Å². The van der Waals surface area contributed by atoms with Gasteiger partial charge >= 0.3 is 0 Å². The average Bonchev–Trinajstić information content (AvgIpc) is 2.67. The third-order valence-electron chi connectivity index (χ3n) is 4.78. The quantitative estimate of drug-likeness (QED) is 0.639. The van der Waals surface area contributed by atoms with E-state index in [2.05, 4.69) is 6.07 Å². The number of thioether (sulfide) groups is 1. The van der Waals surface area contributed by atoms with Crippen LogP contribution in [-0.2, 0) is 4.79 Å². The molecule has 2 heterocycles. The summed E-state index contributed by atoms with van der Waals surface area (Å²) in [6.45, 7) is 0.319. The molecule has 4 nitrogen and oxygen atoms in total. The first kappa shape index (κ1) is 19.1. The van der Waals surface area contributed by atoms with Crippen molar-refractivity contribution in [3.63, 3.8) is 0 Å². The zero-order valence-electron chi connectivity index (χ0n) is 14.5. The maximum absolute atomic E-state index is 13.3. The predicted octanol–water partition coefficient (Wildman–Crippen LogP) is 5.35. The molecule has 0 bridgehead atoms. The summed E-state index contributed by atoms with van der Waals surface area (Å²) in [6.07, 6.45) is 0.169. The Kier molecular flexibility index (Phi) is 5.24. The zero-order valence-corrected chi connectivity index (χ0v) is 16.9. The van der Waals surface area contributed by atoms with E-state index in [1.54, 1.807) is 35.2 Å². The maximum Gasteiger partial charge on any atom is 0.229 e. The summed E-state index contributed by atoms with van der Waals surface area (Å²) in [7, 11) is 0. The lowest BCUT2D eigenvalue weighted by Gasteiger charge is -2.42. The molecule has 0 radical (unpaired) electrons. The molecule has 4 rings (SSSR count). The Balaban J connectivity index is 1.67. The van der Waals surface area contributed by atoms with E-state index in [1.165, 1.54) is 23.9 Å². The van der Waals surface area contributed by atoms with Crippen LogP contribution in [0.1, 0.15) is 17.9 Å². The molecule has 0 N–H and O–H groups in total. The highest BCUT2D eigenvalue weighted by molar-refractivity contribution is 8.03. The number of rotatable bonds is 2. The molecule has 0 saturated carbocycles. The van der Waals surface area contributed by atoms with Gasteiger partial charge in [-0.1, -0.05) is 47.1 Å². The summed E-state index contributed by atoms with van der Waals surface area (Å²) in [4.78, 5) is 16.5. The highest BCUT2D eigenvalue weighted by Gasteiger charge is 2.38. The van der Waals surface area contributed by atoms with Crippen molar-refractivity contribution in [3.05, 3.63) is 74.5 Å². The fourth-order valence-corrected chi connectivity index (χ4v) is 5.11. The highest BCUT2D eigenvalue weighted by atomic mass is 35.5. The molecule has 1 unspecified atom stereocenters. The number of benzene rings is 2. The predicted molar refractivity (Wildman–Crippen MR) is 110 cm³/mol. The number of nitrogens with zero attached hydrogens (tertiary/aromatic N) is 3. The molecule has 28 heavy (non-hydrogen) atoms. The number of carbonyl (C=O) groups excluding carboxylic acids is 1. The Morgan fingerprint density at radius 2 is 1.82 bits per heavy atom. The van der Waals surface area contributed by atoms with Gasteiger partial charge in [-0.25, -0.2) is 4.39 Å². The van der Waals surface area contributed by atoms with Gasteiger partial charge in [0, 0.05) is 28.1 Å². The van der Waals surface area contributed by atoms with Gasteiger partial charge in [0.15, 0.2) is 0 Å². The molecule has 1 amide bonds.